The Morgan fingerprint density at radius 3 is 2.04 bits per heavy atom. The number of ketones is 1. The molecule has 0 aliphatic carbocycles. The molecular weight excluding hydrogens is 314 g/mol. The number of benzene rings is 2. The number of carbonyl (C=O) groups excluding carboxylic acids is 2. The molecule has 1 amide bonds. The van der Waals surface area contributed by atoms with Crippen molar-refractivity contribution in [2.24, 2.45) is 0 Å². The van der Waals surface area contributed by atoms with Crippen LogP contribution < -0.4 is 10.1 Å². The summed E-state index contributed by atoms with van der Waals surface area (Å²) in [5.74, 6) is 0.471. The minimum atomic E-state index is -0.190. The summed E-state index contributed by atoms with van der Waals surface area (Å²) in [5, 5.41) is 2.97. The van der Waals surface area contributed by atoms with Gasteiger partial charge in [0.15, 0.2) is 12.4 Å². The van der Waals surface area contributed by atoms with E-state index in [9.17, 15) is 9.59 Å². The molecule has 0 saturated carbocycles. The van der Waals surface area contributed by atoms with Gasteiger partial charge in [-0.25, -0.2) is 0 Å². The molecule has 4 nitrogen and oxygen atoms in total. The van der Waals surface area contributed by atoms with Crippen LogP contribution in [0.15, 0.2) is 42.5 Å². The molecule has 2 rings (SSSR count). The highest BCUT2D eigenvalue weighted by Gasteiger charge is 2.11. The highest BCUT2D eigenvalue weighted by molar-refractivity contribution is 5.96. The molecule has 2 aromatic rings. The first-order valence-corrected chi connectivity index (χ1v) is 8.75. The van der Waals surface area contributed by atoms with Crippen molar-refractivity contribution in [1.29, 1.82) is 0 Å². The highest BCUT2D eigenvalue weighted by atomic mass is 16.5. The van der Waals surface area contributed by atoms with Crippen LogP contribution in [0.4, 0.5) is 5.69 Å². The van der Waals surface area contributed by atoms with Crippen molar-refractivity contribution in [1.82, 2.24) is 0 Å². The van der Waals surface area contributed by atoms with E-state index in [1.165, 1.54) is 0 Å². The second-order valence-corrected chi connectivity index (χ2v) is 5.80. The predicted octanol–water partition coefficient (Wildman–Crippen LogP) is 4.42. The standard InChI is InChI=1S/C21H25NO3/c1-4-15-8-7-9-16(5-2)21(15)22-20(24)14-25-18-12-10-17(11-13-18)19(23)6-3/h7-13H,4-6,14H2,1-3H3,(H,22,24). The monoisotopic (exact) mass is 339 g/mol. The van der Waals surface area contributed by atoms with Crippen molar-refractivity contribution in [2.45, 2.75) is 40.0 Å². The molecule has 1 N–H and O–H groups in total. The fourth-order valence-electron chi connectivity index (χ4n) is 2.67. The summed E-state index contributed by atoms with van der Waals surface area (Å²) in [4.78, 5) is 23.9. The Balaban J connectivity index is 1.98. The summed E-state index contributed by atoms with van der Waals surface area (Å²) >= 11 is 0. The van der Waals surface area contributed by atoms with Gasteiger partial charge in [0.1, 0.15) is 5.75 Å². The Morgan fingerprint density at radius 1 is 0.920 bits per heavy atom. The summed E-state index contributed by atoms with van der Waals surface area (Å²) in [7, 11) is 0. The van der Waals surface area contributed by atoms with Crippen molar-refractivity contribution in [2.75, 3.05) is 11.9 Å². The first-order chi connectivity index (χ1) is 12.1. The van der Waals surface area contributed by atoms with Gasteiger partial charge in [-0.05, 0) is 48.2 Å². The van der Waals surface area contributed by atoms with E-state index in [4.69, 9.17) is 4.74 Å². The van der Waals surface area contributed by atoms with Crippen LogP contribution in [-0.4, -0.2) is 18.3 Å². The van der Waals surface area contributed by atoms with Crippen LogP contribution in [0.1, 0.15) is 48.7 Å². The lowest BCUT2D eigenvalue weighted by Crippen LogP contribution is -2.21. The number of nitrogens with one attached hydrogen (secondary N) is 1. The topological polar surface area (TPSA) is 55.4 Å². The lowest BCUT2D eigenvalue weighted by atomic mass is 10.0. The summed E-state index contributed by atoms with van der Waals surface area (Å²) in [6.45, 7) is 5.90. The summed E-state index contributed by atoms with van der Waals surface area (Å²) in [5.41, 5.74) is 3.79. The third-order valence-corrected chi connectivity index (χ3v) is 4.13. The maximum Gasteiger partial charge on any atom is 0.262 e. The second kappa shape index (κ2) is 9.02. The highest BCUT2D eigenvalue weighted by Crippen LogP contribution is 2.22. The van der Waals surface area contributed by atoms with Crippen LogP contribution in [0, 0.1) is 0 Å². The zero-order chi connectivity index (χ0) is 18.2. The third kappa shape index (κ3) is 4.92. The van der Waals surface area contributed by atoms with Gasteiger partial charge in [0.05, 0.1) is 0 Å². The molecule has 0 radical (unpaired) electrons. The molecule has 4 heteroatoms. The van der Waals surface area contributed by atoms with Gasteiger partial charge in [0.2, 0.25) is 0 Å². The molecule has 0 aromatic heterocycles. The largest absolute Gasteiger partial charge is 0.484 e. The van der Waals surface area contributed by atoms with E-state index >= 15 is 0 Å². The van der Waals surface area contributed by atoms with Crippen LogP contribution in [0.3, 0.4) is 0 Å². The number of para-hydroxylation sites is 1. The molecule has 0 spiro atoms. The van der Waals surface area contributed by atoms with Crippen molar-refractivity contribution in [3.8, 4) is 5.75 Å². The van der Waals surface area contributed by atoms with Crippen molar-refractivity contribution in [3.05, 3.63) is 59.2 Å². The number of rotatable bonds is 8. The van der Waals surface area contributed by atoms with Gasteiger partial charge in [-0.1, -0.05) is 39.0 Å². The number of ether oxygens (including phenoxy) is 1. The molecule has 0 aliphatic rings. The van der Waals surface area contributed by atoms with Gasteiger partial charge in [-0.3, -0.25) is 9.59 Å². The number of hydrogen-bond donors (Lipinski definition) is 1. The molecule has 132 valence electrons. The van der Waals surface area contributed by atoms with E-state index in [1.807, 2.05) is 25.1 Å². The summed E-state index contributed by atoms with van der Waals surface area (Å²) in [6.07, 6.45) is 2.19. The number of anilines is 1. The predicted molar refractivity (Wildman–Crippen MR) is 100 cm³/mol. The maximum atomic E-state index is 12.3. The fourth-order valence-corrected chi connectivity index (χ4v) is 2.67. The summed E-state index contributed by atoms with van der Waals surface area (Å²) < 4.78 is 5.53. The molecule has 0 bridgehead atoms. The van der Waals surface area contributed by atoms with E-state index in [0.717, 1.165) is 29.7 Å². The van der Waals surface area contributed by atoms with Gasteiger partial charge in [0, 0.05) is 17.7 Å². The van der Waals surface area contributed by atoms with Crippen LogP contribution in [0.5, 0.6) is 5.75 Å². The third-order valence-electron chi connectivity index (χ3n) is 4.13. The molecule has 0 fully saturated rings. The number of amides is 1. The molecule has 2 aromatic carbocycles. The smallest absolute Gasteiger partial charge is 0.262 e. The second-order valence-electron chi connectivity index (χ2n) is 5.80. The molecule has 0 unspecified atom stereocenters. The molecular formula is C21H25NO3. The Morgan fingerprint density at radius 2 is 1.52 bits per heavy atom. The normalized spacial score (nSPS) is 10.4. The number of Topliss-reactive ketones (excluding diaryl/α,β-unsaturated/α-hetero) is 1. The fraction of sp³-hybridized carbons (Fsp3) is 0.333. The lowest BCUT2D eigenvalue weighted by Gasteiger charge is -2.14. The molecule has 25 heavy (non-hydrogen) atoms. The van der Waals surface area contributed by atoms with Crippen LogP contribution >= 0.6 is 0 Å². The van der Waals surface area contributed by atoms with Crippen LogP contribution in [0.25, 0.3) is 0 Å². The number of aryl methyl sites for hydroxylation is 2. The first kappa shape index (κ1) is 18.7. The van der Waals surface area contributed by atoms with E-state index in [2.05, 4.69) is 19.2 Å². The molecule has 0 atom stereocenters. The maximum absolute atomic E-state index is 12.3. The Hall–Kier alpha value is -2.62. The van der Waals surface area contributed by atoms with E-state index < -0.39 is 0 Å². The lowest BCUT2D eigenvalue weighted by molar-refractivity contribution is -0.118. The van der Waals surface area contributed by atoms with Gasteiger partial charge in [0.25, 0.3) is 5.91 Å². The Labute approximate surface area is 149 Å². The van der Waals surface area contributed by atoms with Gasteiger partial charge in [-0.15, -0.1) is 0 Å². The van der Waals surface area contributed by atoms with Gasteiger partial charge >= 0.3 is 0 Å². The van der Waals surface area contributed by atoms with Crippen molar-refractivity contribution in [3.63, 3.8) is 0 Å². The Bertz CT molecular complexity index is 713. The van der Waals surface area contributed by atoms with Crippen LogP contribution in [0.2, 0.25) is 0 Å². The molecule has 0 aliphatic heterocycles. The average molecular weight is 339 g/mol. The quantitative estimate of drug-likeness (QED) is 0.724. The van der Waals surface area contributed by atoms with Gasteiger partial charge in [-0.2, -0.15) is 0 Å². The zero-order valence-electron chi connectivity index (χ0n) is 15.1. The molecule has 0 heterocycles. The number of hydrogen-bond acceptors (Lipinski definition) is 3. The van der Waals surface area contributed by atoms with Gasteiger partial charge < -0.3 is 10.1 Å². The molecule has 0 saturated heterocycles. The Kier molecular flexibility index (Phi) is 6.75. The average Bonchev–Trinajstić information content (AvgIpc) is 2.66. The van der Waals surface area contributed by atoms with E-state index in [-0.39, 0.29) is 18.3 Å². The van der Waals surface area contributed by atoms with Crippen LogP contribution in [-0.2, 0) is 17.6 Å². The summed E-state index contributed by atoms with van der Waals surface area (Å²) in [6, 6.07) is 12.9. The van der Waals surface area contributed by atoms with E-state index in [1.54, 1.807) is 24.3 Å². The van der Waals surface area contributed by atoms with E-state index in [0.29, 0.717) is 17.7 Å². The zero-order valence-corrected chi connectivity index (χ0v) is 15.1. The first-order valence-electron chi connectivity index (χ1n) is 8.75. The SMILES string of the molecule is CCC(=O)c1ccc(OCC(=O)Nc2c(CC)cccc2CC)cc1. The minimum Gasteiger partial charge on any atom is -0.484 e. The number of carbonyl (C=O) groups is 2. The van der Waals surface area contributed by atoms with Crippen molar-refractivity contribution < 1.29 is 14.3 Å². The van der Waals surface area contributed by atoms with Crippen molar-refractivity contribution >= 4 is 17.4 Å². The minimum absolute atomic E-state index is 0.0672.